The minimum absolute atomic E-state index is 0.0718. The van der Waals surface area contributed by atoms with Gasteiger partial charge in [0.15, 0.2) is 0 Å². The first kappa shape index (κ1) is 66.8. The van der Waals surface area contributed by atoms with Crippen LogP contribution in [0.25, 0.3) is 0 Å². The summed E-state index contributed by atoms with van der Waals surface area (Å²) in [6.07, 6.45) is 8.60. The number of ether oxygens (including phenoxy) is 5. The van der Waals surface area contributed by atoms with Gasteiger partial charge in [-0.1, -0.05) is 153 Å². The van der Waals surface area contributed by atoms with E-state index in [9.17, 15) is 28.8 Å². The monoisotopic (exact) mass is 1250 g/mol. The van der Waals surface area contributed by atoms with Crippen molar-refractivity contribution in [1.82, 2.24) is 27.1 Å². The first-order chi connectivity index (χ1) is 44.7. The molecule has 92 heavy (non-hydrogen) atoms. The largest absolute Gasteiger partial charge is 0.497 e. The Morgan fingerprint density at radius 2 is 0.880 bits per heavy atom. The fourth-order valence-electron chi connectivity index (χ4n) is 12.2. The summed E-state index contributed by atoms with van der Waals surface area (Å²) in [5, 5.41) is 33.2. The summed E-state index contributed by atoms with van der Waals surface area (Å²) in [5.74, 6) is -0.365. The lowest BCUT2D eigenvalue weighted by atomic mass is 9.90. The Kier molecular flexibility index (Phi) is 23.2. The van der Waals surface area contributed by atoms with Gasteiger partial charge in [-0.05, 0) is 147 Å². The van der Waals surface area contributed by atoms with Gasteiger partial charge in [-0.3, -0.25) is 44.4 Å². The molecule has 0 unspecified atom stereocenters. The maximum absolute atomic E-state index is 13.2. The highest BCUT2D eigenvalue weighted by atomic mass is 16.5. The van der Waals surface area contributed by atoms with Crippen LogP contribution in [-0.2, 0) is 72.4 Å². The molecule has 4 aliphatic rings. The van der Waals surface area contributed by atoms with Crippen LogP contribution in [0, 0.1) is 34.0 Å². The zero-order valence-electron chi connectivity index (χ0n) is 51.9. The third-order valence-corrected chi connectivity index (χ3v) is 17.7. The first-order valence-electron chi connectivity index (χ1n) is 31.3. The van der Waals surface area contributed by atoms with Crippen LogP contribution in [0.4, 0.5) is 0 Å². The number of hydroxylamine groups is 3. The molecule has 19 heteroatoms. The molecule has 7 aromatic carbocycles. The molecule has 4 fully saturated rings. The van der Waals surface area contributed by atoms with E-state index in [2.05, 4.69) is 10.6 Å². The van der Waals surface area contributed by atoms with Crippen LogP contribution < -0.4 is 46.0 Å². The van der Waals surface area contributed by atoms with Gasteiger partial charge in [-0.2, -0.15) is 0 Å². The molecule has 19 nitrogen and oxygen atoms in total. The van der Waals surface area contributed by atoms with Crippen LogP contribution in [0.5, 0.6) is 28.7 Å². The molecule has 0 aromatic heterocycles. The molecule has 5 amide bonds. The van der Waals surface area contributed by atoms with Gasteiger partial charge < -0.3 is 34.3 Å². The van der Waals surface area contributed by atoms with Crippen molar-refractivity contribution >= 4 is 35.5 Å². The Balaban J connectivity index is 0.000000164. The van der Waals surface area contributed by atoms with Gasteiger partial charge in [0.25, 0.3) is 0 Å². The van der Waals surface area contributed by atoms with Gasteiger partial charge in [-0.25, -0.2) is 16.4 Å². The molecule has 8 N–H and O–H groups in total. The maximum atomic E-state index is 13.2. The molecule has 0 spiro atoms. The van der Waals surface area contributed by atoms with Crippen LogP contribution in [0.3, 0.4) is 0 Å². The smallest absolute Gasteiger partial charge is 0.313 e. The Morgan fingerprint density at radius 1 is 0.457 bits per heavy atom. The lowest BCUT2D eigenvalue weighted by molar-refractivity contribution is -0.152. The molecule has 6 atom stereocenters. The van der Waals surface area contributed by atoms with E-state index in [4.69, 9.17) is 39.3 Å². The van der Waals surface area contributed by atoms with E-state index in [0.29, 0.717) is 82.0 Å². The number of carbonyl (C=O) groups is 6. The SMILES string of the molecule is CCOC(=O)[C@@]1(Cc2ccc(Oc3cccc(OC)c3)cc2)C[C@@H]1C(=O)NO.O=C(NO)[C@H]1C[C@]1(Cc1ccc(OCc2ccccc2)cc1)C(=O)NC1CCCCC1.O=C(NO)[C@H]1C[C@]1(Cc1ccc(OCc2ccccc2)cc1)C(=O)NCCc1ccccc1. The van der Waals surface area contributed by atoms with Crippen LogP contribution in [0.2, 0.25) is 0 Å². The summed E-state index contributed by atoms with van der Waals surface area (Å²) < 4.78 is 27.8. The van der Waals surface area contributed by atoms with E-state index < -0.39 is 57.7 Å². The van der Waals surface area contributed by atoms with Gasteiger partial charge >= 0.3 is 5.97 Å². The fourth-order valence-corrected chi connectivity index (χ4v) is 12.2. The molecular weight excluding hydrogens is 1170 g/mol. The van der Waals surface area contributed by atoms with E-state index in [0.717, 1.165) is 70.6 Å². The summed E-state index contributed by atoms with van der Waals surface area (Å²) in [6.45, 7) is 3.42. The second-order valence-electron chi connectivity index (χ2n) is 24.0. The number of esters is 1. The van der Waals surface area contributed by atoms with E-state index in [-0.39, 0.29) is 24.5 Å². The molecule has 4 aliphatic carbocycles. The topological polar surface area (TPSA) is 269 Å². The standard InChI is InChI=1S/C27H28N2O4.C25H30N2O4.C21H23NO6/c30-25(29-32)24-18-27(24,26(31)28-16-15-20-7-3-1-4-8-20)17-21-11-13-23(14-12-21)33-19-22-9-5-2-6-10-22;28-23(27-30)22-16-25(22,24(29)26-20-9-5-2-6-10-20)15-18-11-13-21(14-12-18)31-17-19-7-3-1-4-8-19;1-3-27-20(24)21(13-18(21)19(23)22-25)12-14-7-9-15(10-8-14)28-17-6-4-5-16(11-17)26-2/h1-14,24,32H,15-19H2,(H,28,31)(H,29,30);1,3-4,7-8,11-14,20,22,30H,2,5-6,9-10,15-17H2,(H,26,29)(H,27,28);4-11,18,25H,3,12-13H2,1-2H3,(H,22,23)/t24-,27+;22-,25+;18-,21+/m111/s1. The Labute approximate surface area is 536 Å². The van der Waals surface area contributed by atoms with Crippen LogP contribution in [-0.4, -0.2) is 77.4 Å². The number of benzene rings is 7. The number of hydrogen-bond acceptors (Lipinski definition) is 14. The fraction of sp³-hybridized carbons (Fsp3) is 0.342. The lowest BCUT2D eigenvalue weighted by Gasteiger charge is -2.26. The number of nitrogens with one attached hydrogen (secondary N) is 5. The van der Waals surface area contributed by atoms with Crippen molar-refractivity contribution in [3.8, 4) is 28.7 Å². The molecular formula is C73H81N5O14. The predicted octanol–water partition coefficient (Wildman–Crippen LogP) is 10.6. The van der Waals surface area contributed by atoms with Crippen LogP contribution in [0.15, 0.2) is 188 Å². The van der Waals surface area contributed by atoms with E-state index in [1.165, 1.54) is 6.42 Å². The summed E-state index contributed by atoms with van der Waals surface area (Å²) in [5.41, 5.74) is 8.60. The highest BCUT2D eigenvalue weighted by Crippen LogP contribution is 2.57. The van der Waals surface area contributed by atoms with Crippen molar-refractivity contribution < 1.29 is 68.1 Å². The number of carbonyl (C=O) groups excluding carboxylic acids is 6. The molecule has 0 saturated heterocycles. The van der Waals surface area contributed by atoms with Gasteiger partial charge in [0, 0.05) is 18.7 Å². The summed E-state index contributed by atoms with van der Waals surface area (Å²) in [6, 6.07) is 59.9. The van der Waals surface area contributed by atoms with Crippen molar-refractivity contribution in [2.75, 3.05) is 20.3 Å². The third kappa shape index (κ3) is 17.7. The van der Waals surface area contributed by atoms with Gasteiger partial charge in [0.2, 0.25) is 29.5 Å². The van der Waals surface area contributed by atoms with Crippen LogP contribution in [0.1, 0.15) is 91.7 Å². The molecule has 7 aromatic rings. The van der Waals surface area contributed by atoms with Crippen LogP contribution >= 0.6 is 0 Å². The summed E-state index contributed by atoms with van der Waals surface area (Å²) in [7, 11) is 1.59. The van der Waals surface area contributed by atoms with Crippen molar-refractivity contribution in [3.63, 3.8) is 0 Å². The molecule has 0 aliphatic heterocycles. The zero-order chi connectivity index (χ0) is 64.9. The van der Waals surface area contributed by atoms with Gasteiger partial charge in [-0.15, -0.1) is 0 Å². The van der Waals surface area contributed by atoms with E-state index in [1.54, 1.807) is 48.7 Å². The predicted molar refractivity (Wildman–Crippen MR) is 341 cm³/mol. The highest BCUT2D eigenvalue weighted by molar-refractivity contribution is 5.97. The van der Waals surface area contributed by atoms with E-state index in [1.807, 2.05) is 170 Å². The average Bonchev–Trinajstić information content (AvgIpc) is 1.60. The minimum atomic E-state index is -0.933. The normalized spacial score (nSPS) is 20.7. The Bertz CT molecular complexity index is 3560. The van der Waals surface area contributed by atoms with Crippen molar-refractivity contribution in [3.05, 3.63) is 221 Å². The highest BCUT2D eigenvalue weighted by Gasteiger charge is 2.65. The van der Waals surface area contributed by atoms with Crippen molar-refractivity contribution in [2.45, 2.75) is 103 Å². The molecule has 0 radical (unpaired) electrons. The average molecular weight is 1250 g/mol. The maximum Gasteiger partial charge on any atom is 0.313 e. The molecule has 482 valence electrons. The molecule has 0 bridgehead atoms. The summed E-state index contributed by atoms with van der Waals surface area (Å²) >= 11 is 0. The zero-order valence-corrected chi connectivity index (χ0v) is 51.9. The quantitative estimate of drug-likeness (QED) is 0.0142. The van der Waals surface area contributed by atoms with E-state index >= 15 is 0 Å². The second kappa shape index (κ2) is 31.9. The second-order valence-corrected chi connectivity index (χ2v) is 24.0. The minimum Gasteiger partial charge on any atom is -0.497 e. The van der Waals surface area contributed by atoms with Gasteiger partial charge in [0.05, 0.1) is 47.7 Å². The van der Waals surface area contributed by atoms with Crippen molar-refractivity contribution in [2.24, 2.45) is 34.0 Å². The number of amides is 5. The first-order valence-corrected chi connectivity index (χ1v) is 31.3. The van der Waals surface area contributed by atoms with Crippen molar-refractivity contribution in [1.29, 1.82) is 0 Å². The van der Waals surface area contributed by atoms with Gasteiger partial charge in [0.1, 0.15) is 42.0 Å². The lowest BCUT2D eigenvalue weighted by Crippen LogP contribution is -2.43. The third-order valence-electron chi connectivity index (χ3n) is 17.7. The Hall–Kier alpha value is -9.56. The number of methoxy groups -OCH3 is 1. The Morgan fingerprint density at radius 3 is 1.35 bits per heavy atom. The molecule has 11 rings (SSSR count). The molecule has 0 heterocycles. The summed E-state index contributed by atoms with van der Waals surface area (Å²) in [4.78, 5) is 74.6. The number of hydrogen-bond donors (Lipinski definition) is 8. The number of rotatable bonds is 26. The molecule has 4 saturated carbocycles.